The summed E-state index contributed by atoms with van der Waals surface area (Å²) >= 11 is 0. The molecular weight excluding hydrogens is 401 g/mol. The van der Waals surface area contributed by atoms with E-state index in [9.17, 15) is 4.79 Å². The van der Waals surface area contributed by atoms with Crippen molar-refractivity contribution in [1.82, 2.24) is 0 Å². The van der Waals surface area contributed by atoms with Crippen molar-refractivity contribution in [2.24, 2.45) is 7.05 Å². The number of hydrogen-bond donors (Lipinski definition) is 0. The summed E-state index contributed by atoms with van der Waals surface area (Å²) in [7, 11) is 1.95. The molecule has 2 aromatic heterocycles. The lowest BCUT2D eigenvalue weighted by Gasteiger charge is -2.05. The van der Waals surface area contributed by atoms with E-state index in [-0.39, 0.29) is 29.4 Å². The van der Waals surface area contributed by atoms with E-state index in [1.807, 2.05) is 72.5 Å². The summed E-state index contributed by atoms with van der Waals surface area (Å²) in [6.45, 7) is 0. The van der Waals surface area contributed by atoms with Crippen molar-refractivity contribution >= 4 is 21.7 Å². The highest BCUT2D eigenvalue weighted by Gasteiger charge is 2.10. The molecule has 114 valence electrons. The molecule has 3 nitrogen and oxygen atoms in total. The molecule has 0 bridgehead atoms. The summed E-state index contributed by atoms with van der Waals surface area (Å²) in [4.78, 5) is 12.4. The lowest BCUT2D eigenvalue weighted by Crippen LogP contribution is -3.00. The Balaban J connectivity index is 0.00000156. The predicted octanol–water partition coefficient (Wildman–Crippen LogP) is 0.442. The van der Waals surface area contributed by atoms with Gasteiger partial charge in [-0.2, -0.15) is 0 Å². The minimum absolute atomic E-state index is 0. The van der Waals surface area contributed by atoms with E-state index in [2.05, 4.69) is 0 Å². The molecule has 2 aromatic carbocycles. The van der Waals surface area contributed by atoms with Gasteiger partial charge in [0.1, 0.15) is 18.4 Å². The van der Waals surface area contributed by atoms with Crippen LogP contribution >= 0.6 is 0 Å². The summed E-state index contributed by atoms with van der Waals surface area (Å²) in [6, 6.07) is 17.2. The van der Waals surface area contributed by atoms with Crippen LogP contribution in [0.15, 0.2) is 76.2 Å². The maximum Gasteiger partial charge on any atom is 0.193 e. The van der Waals surface area contributed by atoms with E-state index in [1.165, 1.54) is 0 Å². The van der Waals surface area contributed by atoms with Crippen LogP contribution in [0.1, 0.15) is 0 Å². The van der Waals surface area contributed by atoms with E-state index in [4.69, 9.17) is 4.42 Å². The lowest BCUT2D eigenvalue weighted by molar-refractivity contribution is -0.671. The van der Waals surface area contributed by atoms with Gasteiger partial charge < -0.3 is 28.4 Å². The third kappa shape index (κ3) is 2.74. The normalized spacial score (nSPS) is 10.7. The summed E-state index contributed by atoms with van der Waals surface area (Å²) in [5.41, 5.74) is 1.52. The van der Waals surface area contributed by atoms with Crippen LogP contribution in [0.25, 0.3) is 33.1 Å². The zero-order valence-electron chi connectivity index (χ0n) is 12.5. The Bertz CT molecular complexity index is 1050. The summed E-state index contributed by atoms with van der Waals surface area (Å²) < 4.78 is 8.02. The first-order valence-corrected chi connectivity index (χ1v) is 7.14. The number of aromatic nitrogens is 1. The van der Waals surface area contributed by atoms with Crippen molar-refractivity contribution in [2.45, 2.75) is 0 Å². The number of rotatable bonds is 1. The van der Waals surface area contributed by atoms with E-state index < -0.39 is 0 Å². The molecule has 0 amide bonds. The van der Waals surface area contributed by atoms with Crippen molar-refractivity contribution in [3.05, 3.63) is 77.2 Å². The minimum atomic E-state index is -0.0183. The van der Waals surface area contributed by atoms with Gasteiger partial charge in [0.15, 0.2) is 17.8 Å². The molecule has 0 unspecified atom stereocenters. The van der Waals surface area contributed by atoms with Crippen LogP contribution < -0.4 is 34.0 Å². The quantitative estimate of drug-likeness (QED) is 0.257. The average molecular weight is 415 g/mol. The van der Waals surface area contributed by atoms with Crippen molar-refractivity contribution < 1.29 is 33.0 Å². The number of nitrogens with zero attached hydrogens (tertiary/aromatic N) is 1. The van der Waals surface area contributed by atoms with Crippen molar-refractivity contribution in [3.8, 4) is 11.3 Å². The molecule has 2 heterocycles. The lowest BCUT2D eigenvalue weighted by atomic mass is 10.1. The molecule has 0 atom stereocenters. The molecule has 0 aliphatic carbocycles. The fourth-order valence-electron chi connectivity index (χ4n) is 2.69. The van der Waals surface area contributed by atoms with E-state index in [0.717, 1.165) is 16.3 Å². The highest BCUT2D eigenvalue weighted by atomic mass is 127. The molecule has 0 radical (unpaired) electrons. The third-order valence-electron chi connectivity index (χ3n) is 3.88. The largest absolute Gasteiger partial charge is 1.00 e. The summed E-state index contributed by atoms with van der Waals surface area (Å²) in [5, 5.41) is 2.64. The van der Waals surface area contributed by atoms with Crippen LogP contribution in [0.5, 0.6) is 0 Å². The standard InChI is InChI=1S/C19H14NO2.HI/c1-20-10-8-14(9-11-20)18-12-17(21)16-7-6-13-4-2-3-5-15(13)19(16)22-18;/h2-12H,1H3;1H/q+1;/p-1. The maximum atomic E-state index is 12.4. The number of aryl methyl sites for hydroxylation is 1. The second kappa shape index (κ2) is 6.12. The van der Waals surface area contributed by atoms with Crippen molar-refractivity contribution in [2.75, 3.05) is 0 Å². The van der Waals surface area contributed by atoms with Crippen LogP contribution in [-0.2, 0) is 7.05 Å². The number of fused-ring (bicyclic) bond motifs is 3. The number of halogens is 1. The Morgan fingerprint density at radius 1 is 0.913 bits per heavy atom. The van der Waals surface area contributed by atoms with Gasteiger partial charge in [-0.15, -0.1) is 0 Å². The zero-order chi connectivity index (χ0) is 15.1. The van der Waals surface area contributed by atoms with E-state index >= 15 is 0 Å². The van der Waals surface area contributed by atoms with E-state index in [0.29, 0.717) is 16.7 Å². The van der Waals surface area contributed by atoms with Crippen LogP contribution in [0.4, 0.5) is 0 Å². The highest BCUT2D eigenvalue weighted by molar-refractivity contribution is 6.04. The van der Waals surface area contributed by atoms with Crippen molar-refractivity contribution in [1.29, 1.82) is 0 Å². The second-order valence-corrected chi connectivity index (χ2v) is 5.39. The molecule has 4 heteroatoms. The van der Waals surface area contributed by atoms with Gasteiger partial charge in [0, 0.05) is 29.1 Å². The number of hydrogen-bond acceptors (Lipinski definition) is 2. The van der Waals surface area contributed by atoms with Gasteiger partial charge in [0.25, 0.3) is 0 Å². The molecule has 4 rings (SSSR count). The topological polar surface area (TPSA) is 34.1 Å². The highest BCUT2D eigenvalue weighted by Crippen LogP contribution is 2.27. The van der Waals surface area contributed by atoms with Gasteiger partial charge >= 0.3 is 0 Å². The minimum Gasteiger partial charge on any atom is -1.00 e. The molecular formula is C19H14INO2. The van der Waals surface area contributed by atoms with Gasteiger partial charge in [0.05, 0.1) is 5.39 Å². The van der Waals surface area contributed by atoms with Crippen LogP contribution in [0, 0.1) is 0 Å². The first-order valence-electron chi connectivity index (χ1n) is 7.14. The Labute approximate surface area is 150 Å². The van der Waals surface area contributed by atoms with Crippen molar-refractivity contribution in [3.63, 3.8) is 0 Å². The maximum absolute atomic E-state index is 12.4. The molecule has 0 aliphatic heterocycles. The Hall–Kier alpha value is -2.21. The van der Waals surface area contributed by atoms with Gasteiger partial charge in [-0.3, -0.25) is 4.79 Å². The second-order valence-electron chi connectivity index (χ2n) is 5.39. The SMILES string of the molecule is C[n+]1ccc(-c2cc(=O)c3ccc4ccccc4c3o2)cc1.[I-]. The molecule has 0 fully saturated rings. The summed E-state index contributed by atoms with van der Waals surface area (Å²) in [6.07, 6.45) is 3.87. The molecule has 0 aliphatic rings. The Morgan fingerprint density at radius 2 is 1.65 bits per heavy atom. The average Bonchev–Trinajstić information content (AvgIpc) is 2.55. The van der Waals surface area contributed by atoms with Crippen LogP contribution in [0.2, 0.25) is 0 Å². The fourth-order valence-corrected chi connectivity index (χ4v) is 2.69. The van der Waals surface area contributed by atoms with Gasteiger partial charge in [0.2, 0.25) is 0 Å². The molecule has 23 heavy (non-hydrogen) atoms. The van der Waals surface area contributed by atoms with E-state index in [1.54, 1.807) is 6.07 Å². The Morgan fingerprint density at radius 3 is 2.43 bits per heavy atom. The molecule has 0 saturated heterocycles. The molecule has 4 aromatic rings. The zero-order valence-corrected chi connectivity index (χ0v) is 14.7. The monoisotopic (exact) mass is 415 g/mol. The first-order chi connectivity index (χ1) is 10.7. The molecule has 0 saturated carbocycles. The molecule has 0 spiro atoms. The molecule has 0 N–H and O–H groups in total. The Kier molecular flexibility index (Phi) is 4.17. The van der Waals surface area contributed by atoms with Crippen LogP contribution in [0.3, 0.4) is 0 Å². The number of pyridine rings is 1. The third-order valence-corrected chi connectivity index (χ3v) is 3.88. The number of benzene rings is 2. The first kappa shape index (κ1) is 15.7. The van der Waals surface area contributed by atoms with Crippen LogP contribution in [-0.4, -0.2) is 0 Å². The van der Waals surface area contributed by atoms with Gasteiger partial charge in [-0.25, -0.2) is 4.57 Å². The predicted molar refractivity (Wildman–Crippen MR) is 86.6 cm³/mol. The van der Waals surface area contributed by atoms with Gasteiger partial charge in [-0.1, -0.05) is 30.3 Å². The smallest absolute Gasteiger partial charge is 0.193 e. The van der Waals surface area contributed by atoms with Gasteiger partial charge in [-0.05, 0) is 11.5 Å². The fraction of sp³-hybridized carbons (Fsp3) is 0.0526. The summed E-state index contributed by atoms with van der Waals surface area (Å²) in [5.74, 6) is 0.592.